The van der Waals surface area contributed by atoms with E-state index in [1.54, 1.807) is 6.07 Å². The summed E-state index contributed by atoms with van der Waals surface area (Å²) >= 11 is 0. The summed E-state index contributed by atoms with van der Waals surface area (Å²) in [5.41, 5.74) is -0.775. The second-order valence-electron chi connectivity index (χ2n) is 3.62. The Bertz CT molecular complexity index is 648. The third kappa shape index (κ3) is 3.05. The molecule has 0 aliphatic carbocycles. The molecule has 1 heterocycles. The normalized spacial score (nSPS) is 9.85. The lowest BCUT2D eigenvalue weighted by atomic mass is 10.1. The van der Waals surface area contributed by atoms with Crippen LogP contribution in [-0.2, 0) is 0 Å². The molecule has 0 radical (unpaired) electrons. The van der Waals surface area contributed by atoms with Crippen molar-refractivity contribution >= 4 is 23.6 Å². The zero-order valence-electron chi connectivity index (χ0n) is 10.0. The lowest BCUT2D eigenvalue weighted by Crippen LogP contribution is -2.23. The average molecular weight is 276 g/mol. The number of carbonyl (C=O) groups is 2. The summed E-state index contributed by atoms with van der Waals surface area (Å²) < 4.78 is 13.6. The molecule has 102 valence electrons. The number of rotatable bonds is 3. The number of nitrogens with one attached hydrogen (secondary N) is 2. The van der Waals surface area contributed by atoms with E-state index >= 15 is 0 Å². The van der Waals surface area contributed by atoms with Gasteiger partial charge >= 0.3 is 12.0 Å². The number of carbonyl (C=O) groups excluding carboxylic acids is 1. The first kappa shape index (κ1) is 13.4. The number of hydrogen-bond acceptors (Lipinski definition) is 4. The Morgan fingerprint density at radius 2 is 1.80 bits per heavy atom. The number of halogens is 1. The topological polar surface area (TPSA) is 104 Å². The second kappa shape index (κ2) is 5.74. The van der Waals surface area contributed by atoms with Gasteiger partial charge in [0.15, 0.2) is 0 Å². The molecule has 1 aromatic heterocycles. The molecule has 7 nitrogen and oxygen atoms in total. The van der Waals surface area contributed by atoms with Crippen molar-refractivity contribution in [3.63, 3.8) is 0 Å². The number of aromatic carboxylic acids is 1. The van der Waals surface area contributed by atoms with Crippen molar-refractivity contribution < 1.29 is 19.1 Å². The van der Waals surface area contributed by atoms with Crippen molar-refractivity contribution in [3.05, 3.63) is 48.0 Å². The first-order chi connectivity index (χ1) is 9.58. The quantitative estimate of drug-likeness (QED) is 0.794. The zero-order chi connectivity index (χ0) is 14.5. The van der Waals surface area contributed by atoms with E-state index in [1.807, 2.05) is 0 Å². The summed E-state index contributed by atoms with van der Waals surface area (Å²) in [6.45, 7) is 0. The minimum atomic E-state index is -1.35. The second-order valence-corrected chi connectivity index (χ2v) is 3.62. The number of para-hydroxylation sites is 1. The van der Waals surface area contributed by atoms with E-state index in [1.165, 1.54) is 24.5 Å². The van der Waals surface area contributed by atoms with Crippen LogP contribution in [0.4, 0.5) is 20.8 Å². The van der Waals surface area contributed by atoms with Crippen molar-refractivity contribution in [2.75, 3.05) is 10.6 Å². The fourth-order valence-electron chi connectivity index (χ4n) is 1.44. The Kier molecular flexibility index (Phi) is 3.85. The molecule has 1 aromatic carbocycles. The Balaban J connectivity index is 2.18. The number of aromatic nitrogens is 2. The average Bonchev–Trinajstić information content (AvgIpc) is 2.42. The van der Waals surface area contributed by atoms with E-state index in [2.05, 4.69) is 20.6 Å². The van der Waals surface area contributed by atoms with Gasteiger partial charge in [-0.25, -0.2) is 23.9 Å². The lowest BCUT2D eigenvalue weighted by molar-refractivity contribution is 0.0697. The van der Waals surface area contributed by atoms with Crippen molar-refractivity contribution in [1.82, 2.24) is 9.97 Å². The van der Waals surface area contributed by atoms with Crippen LogP contribution in [0.3, 0.4) is 0 Å². The van der Waals surface area contributed by atoms with E-state index in [-0.39, 0.29) is 11.5 Å². The zero-order valence-corrected chi connectivity index (χ0v) is 10.0. The molecule has 2 rings (SSSR count). The molecule has 0 unspecified atom stereocenters. The van der Waals surface area contributed by atoms with E-state index < -0.39 is 23.5 Å². The van der Waals surface area contributed by atoms with E-state index in [0.29, 0.717) is 0 Å². The highest BCUT2D eigenvalue weighted by Crippen LogP contribution is 2.20. The van der Waals surface area contributed by atoms with Gasteiger partial charge in [-0.2, -0.15) is 0 Å². The Hall–Kier alpha value is -3.03. The summed E-state index contributed by atoms with van der Waals surface area (Å²) in [6, 6.07) is 4.18. The van der Waals surface area contributed by atoms with Crippen LogP contribution in [0.15, 0.2) is 36.7 Å². The molecular formula is C12H9FN4O3. The fraction of sp³-hybridized carbons (Fsp3) is 0. The van der Waals surface area contributed by atoms with Crippen LogP contribution in [0, 0.1) is 5.82 Å². The number of carboxylic acids is 1. The van der Waals surface area contributed by atoms with Crippen LogP contribution in [-0.4, -0.2) is 27.1 Å². The van der Waals surface area contributed by atoms with Crippen molar-refractivity contribution in [2.45, 2.75) is 0 Å². The van der Waals surface area contributed by atoms with Crippen LogP contribution in [0.1, 0.15) is 10.4 Å². The molecule has 0 saturated carbocycles. The van der Waals surface area contributed by atoms with Gasteiger partial charge in [0, 0.05) is 12.4 Å². The third-order valence-electron chi connectivity index (χ3n) is 2.27. The standard InChI is InChI=1S/C12H9FN4O3/c13-8-4-1-3-7(10(18)19)9(8)16-12(20)17-11-14-5-2-6-15-11/h1-6H,(H,18,19)(H2,14,15,16,17,20). The lowest BCUT2D eigenvalue weighted by Gasteiger charge is -2.09. The number of nitrogens with zero attached hydrogens (tertiary/aromatic N) is 2. The predicted molar refractivity (Wildman–Crippen MR) is 68.0 cm³/mol. The largest absolute Gasteiger partial charge is 0.478 e. The van der Waals surface area contributed by atoms with Crippen LogP contribution in [0.25, 0.3) is 0 Å². The Labute approximate surface area is 112 Å². The molecule has 0 bridgehead atoms. The fourth-order valence-corrected chi connectivity index (χ4v) is 1.44. The molecule has 0 aliphatic rings. The molecule has 0 fully saturated rings. The molecule has 8 heteroatoms. The van der Waals surface area contributed by atoms with E-state index in [4.69, 9.17) is 5.11 Å². The van der Waals surface area contributed by atoms with Gasteiger partial charge in [-0.05, 0) is 18.2 Å². The molecule has 2 aromatic rings. The predicted octanol–water partition coefficient (Wildman–Crippen LogP) is 1.96. The van der Waals surface area contributed by atoms with Gasteiger partial charge in [-0.3, -0.25) is 5.32 Å². The third-order valence-corrected chi connectivity index (χ3v) is 2.27. The molecular weight excluding hydrogens is 267 g/mol. The summed E-state index contributed by atoms with van der Waals surface area (Å²) in [5, 5.41) is 13.3. The SMILES string of the molecule is O=C(Nc1ncccn1)Nc1c(F)cccc1C(=O)O. The highest BCUT2D eigenvalue weighted by molar-refractivity contribution is 6.04. The van der Waals surface area contributed by atoms with Gasteiger partial charge in [0.25, 0.3) is 0 Å². The van der Waals surface area contributed by atoms with Gasteiger partial charge < -0.3 is 10.4 Å². The summed E-state index contributed by atoms with van der Waals surface area (Å²) in [4.78, 5) is 30.1. The summed E-state index contributed by atoms with van der Waals surface area (Å²) in [6.07, 6.45) is 2.82. The van der Waals surface area contributed by atoms with E-state index in [9.17, 15) is 14.0 Å². The smallest absolute Gasteiger partial charge is 0.337 e. The highest BCUT2D eigenvalue weighted by atomic mass is 19.1. The van der Waals surface area contributed by atoms with Gasteiger partial charge in [0.1, 0.15) is 5.82 Å². The molecule has 0 aliphatic heterocycles. The van der Waals surface area contributed by atoms with Gasteiger partial charge in [-0.15, -0.1) is 0 Å². The molecule has 0 saturated heterocycles. The van der Waals surface area contributed by atoms with Crippen molar-refractivity contribution in [2.24, 2.45) is 0 Å². The minimum Gasteiger partial charge on any atom is -0.478 e. The van der Waals surface area contributed by atoms with Crippen LogP contribution in [0.5, 0.6) is 0 Å². The maximum absolute atomic E-state index is 13.6. The number of carboxylic acid groups (broad SMARTS) is 1. The molecule has 20 heavy (non-hydrogen) atoms. The Morgan fingerprint density at radius 1 is 1.10 bits per heavy atom. The first-order valence-corrected chi connectivity index (χ1v) is 5.45. The minimum absolute atomic E-state index is 0.0122. The summed E-state index contributed by atoms with van der Waals surface area (Å²) in [7, 11) is 0. The van der Waals surface area contributed by atoms with Crippen LogP contribution >= 0.6 is 0 Å². The first-order valence-electron chi connectivity index (χ1n) is 5.45. The number of hydrogen-bond donors (Lipinski definition) is 3. The van der Waals surface area contributed by atoms with E-state index in [0.717, 1.165) is 6.07 Å². The Morgan fingerprint density at radius 3 is 2.45 bits per heavy atom. The molecule has 0 spiro atoms. The highest BCUT2D eigenvalue weighted by Gasteiger charge is 2.16. The maximum Gasteiger partial charge on any atom is 0.337 e. The van der Waals surface area contributed by atoms with Gasteiger partial charge in [0.05, 0.1) is 11.3 Å². The number of anilines is 2. The van der Waals surface area contributed by atoms with Gasteiger partial charge in [-0.1, -0.05) is 6.07 Å². The van der Waals surface area contributed by atoms with Crippen LogP contribution < -0.4 is 10.6 Å². The maximum atomic E-state index is 13.6. The molecule has 2 amide bonds. The number of amides is 2. The van der Waals surface area contributed by atoms with Crippen LogP contribution in [0.2, 0.25) is 0 Å². The number of benzene rings is 1. The molecule has 0 atom stereocenters. The van der Waals surface area contributed by atoms with Gasteiger partial charge in [0.2, 0.25) is 5.95 Å². The van der Waals surface area contributed by atoms with Crippen molar-refractivity contribution in [3.8, 4) is 0 Å². The van der Waals surface area contributed by atoms with Crippen molar-refractivity contribution in [1.29, 1.82) is 0 Å². The monoisotopic (exact) mass is 276 g/mol. The number of urea groups is 1. The summed E-state index contributed by atoms with van der Waals surface area (Å²) in [5.74, 6) is -2.19. The molecule has 3 N–H and O–H groups in total.